The van der Waals surface area contributed by atoms with E-state index in [1.165, 1.54) is 7.11 Å². The molecule has 4 N–H and O–H groups in total. The van der Waals surface area contributed by atoms with Gasteiger partial charge in [0.15, 0.2) is 5.75 Å². The Labute approximate surface area is 182 Å². The number of aromatic nitrogens is 3. The number of nitrogens with zero attached hydrogens (tertiary/aromatic N) is 4. The lowest BCUT2D eigenvalue weighted by atomic mass is 10.0. The molecule has 0 aliphatic carbocycles. The van der Waals surface area contributed by atoms with Crippen molar-refractivity contribution in [3.05, 3.63) is 87.2 Å². The van der Waals surface area contributed by atoms with Crippen LogP contribution in [0.5, 0.6) is 5.75 Å². The maximum Gasteiger partial charge on any atom is 0.277 e. The van der Waals surface area contributed by atoms with Crippen LogP contribution in [0.25, 0.3) is 10.8 Å². The maximum atomic E-state index is 11.6. The number of nitrogens with two attached hydrogens (primary N) is 2. The molecule has 10 nitrogen and oxygen atoms in total. The molecule has 10 heteroatoms. The third kappa shape index (κ3) is 3.93. The third-order valence-corrected chi connectivity index (χ3v) is 5.17. The second-order valence-electron chi connectivity index (χ2n) is 7.26. The molecule has 0 saturated carbocycles. The minimum atomic E-state index is -0.878. The molecular weight excluding hydrogens is 412 g/mol. The number of methoxy groups -OCH3 is 1. The summed E-state index contributed by atoms with van der Waals surface area (Å²) in [5, 5.41) is 22.2. The summed E-state index contributed by atoms with van der Waals surface area (Å²) in [5.74, 6) is -0.853. The molecule has 0 fully saturated rings. The van der Waals surface area contributed by atoms with Gasteiger partial charge in [-0.3, -0.25) is 14.9 Å². The Kier molecular flexibility index (Phi) is 5.42. The summed E-state index contributed by atoms with van der Waals surface area (Å²) < 4.78 is 6.93. The van der Waals surface area contributed by atoms with E-state index in [1.54, 1.807) is 10.9 Å². The highest BCUT2D eigenvalue weighted by Crippen LogP contribution is 2.38. The Hall–Kier alpha value is -4.47. The van der Waals surface area contributed by atoms with Crippen molar-refractivity contribution in [3.8, 4) is 5.75 Å². The minimum absolute atomic E-state index is 0.0251. The molecule has 0 unspecified atom stereocenters. The molecule has 3 aromatic carbocycles. The zero-order valence-electron chi connectivity index (χ0n) is 17.2. The largest absolute Gasteiger partial charge is 0.494 e. The van der Waals surface area contributed by atoms with Crippen molar-refractivity contribution in [2.75, 3.05) is 12.8 Å². The average molecular weight is 432 g/mol. The molecule has 4 rings (SSSR count). The van der Waals surface area contributed by atoms with Gasteiger partial charge in [-0.15, -0.1) is 5.10 Å². The fourth-order valence-corrected chi connectivity index (χ4v) is 3.68. The average Bonchev–Trinajstić information content (AvgIpc) is 3.20. The Morgan fingerprint density at radius 2 is 1.94 bits per heavy atom. The molecule has 0 aliphatic rings. The fourth-order valence-electron chi connectivity index (χ4n) is 3.68. The number of rotatable bonds is 7. The Bertz CT molecular complexity index is 1350. The summed E-state index contributed by atoms with van der Waals surface area (Å²) in [5.41, 5.74) is 12.5. The molecule has 1 heterocycles. The number of primary amides is 1. The number of carbonyl (C=O) groups is 1. The zero-order chi connectivity index (χ0) is 22.8. The second-order valence-corrected chi connectivity index (χ2v) is 7.26. The first-order chi connectivity index (χ1) is 15.4. The van der Waals surface area contributed by atoms with E-state index in [9.17, 15) is 14.9 Å². The quantitative estimate of drug-likeness (QED) is 0.259. The number of fused-ring (bicyclic) bond motifs is 1. The number of benzene rings is 3. The first-order valence-corrected chi connectivity index (χ1v) is 9.67. The van der Waals surface area contributed by atoms with Crippen molar-refractivity contribution in [3.63, 3.8) is 0 Å². The molecule has 0 bridgehead atoms. The molecule has 0 aliphatic heterocycles. The van der Waals surface area contributed by atoms with Gasteiger partial charge in [0.2, 0.25) is 0 Å². The van der Waals surface area contributed by atoms with Crippen molar-refractivity contribution in [2.45, 2.75) is 13.0 Å². The summed E-state index contributed by atoms with van der Waals surface area (Å²) in [6.07, 6.45) is 1.75. The van der Waals surface area contributed by atoms with Gasteiger partial charge < -0.3 is 16.2 Å². The van der Waals surface area contributed by atoms with E-state index in [4.69, 9.17) is 16.2 Å². The van der Waals surface area contributed by atoms with Crippen LogP contribution in [0.15, 0.2) is 54.7 Å². The van der Waals surface area contributed by atoms with Crippen LogP contribution in [0.4, 0.5) is 11.4 Å². The van der Waals surface area contributed by atoms with Crippen LogP contribution >= 0.6 is 0 Å². The maximum absolute atomic E-state index is 11.6. The van der Waals surface area contributed by atoms with Crippen LogP contribution in [0.3, 0.4) is 0 Å². The van der Waals surface area contributed by atoms with E-state index >= 15 is 0 Å². The molecule has 4 aromatic rings. The lowest BCUT2D eigenvalue weighted by Crippen LogP contribution is -2.16. The number of nitro groups is 1. The van der Waals surface area contributed by atoms with Gasteiger partial charge in [0.1, 0.15) is 0 Å². The topological polar surface area (TPSA) is 152 Å². The smallest absolute Gasteiger partial charge is 0.277 e. The highest BCUT2D eigenvalue weighted by atomic mass is 16.6. The lowest BCUT2D eigenvalue weighted by Gasteiger charge is -2.13. The predicted octanol–water partition coefficient (Wildman–Crippen LogP) is 2.67. The van der Waals surface area contributed by atoms with Gasteiger partial charge in [0.25, 0.3) is 11.6 Å². The number of amides is 1. The normalized spacial score (nSPS) is 10.9. The van der Waals surface area contributed by atoms with Crippen molar-refractivity contribution in [1.29, 1.82) is 0 Å². The van der Waals surface area contributed by atoms with E-state index in [0.29, 0.717) is 12.2 Å². The monoisotopic (exact) mass is 432 g/mol. The Morgan fingerprint density at radius 3 is 2.62 bits per heavy atom. The van der Waals surface area contributed by atoms with Gasteiger partial charge in [-0.1, -0.05) is 41.6 Å². The lowest BCUT2D eigenvalue weighted by molar-refractivity contribution is -0.385. The summed E-state index contributed by atoms with van der Waals surface area (Å²) in [7, 11) is 1.32. The molecule has 0 atom stereocenters. The van der Waals surface area contributed by atoms with Crippen LogP contribution in [0.1, 0.15) is 27.2 Å². The van der Waals surface area contributed by atoms with Gasteiger partial charge in [-0.05, 0) is 22.4 Å². The Morgan fingerprint density at radius 1 is 1.19 bits per heavy atom. The number of carbonyl (C=O) groups excluding carboxylic acids is 1. The molecule has 1 amide bonds. The van der Waals surface area contributed by atoms with Gasteiger partial charge in [0.05, 0.1) is 41.1 Å². The van der Waals surface area contributed by atoms with Crippen molar-refractivity contribution in [2.24, 2.45) is 5.73 Å². The highest BCUT2D eigenvalue weighted by Gasteiger charge is 2.27. The zero-order valence-corrected chi connectivity index (χ0v) is 17.2. The predicted molar refractivity (Wildman–Crippen MR) is 118 cm³/mol. The minimum Gasteiger partial charge on any atom is -0.494 e. The van der Waals surface area contributed by atoms with E-state index in [0.717, 1.165) is 22.4 Å². The van der Waals surface area contributed by atoms with Crippen molar-refractivity contribution < 1.29 is 14.5 Å². The SMILES string of the molecule is COc1c(N)c(C(N)=O)cc([N+](=O)[O-])c1Cc1cn(Cc2ccc3ccccc3c2)nn1. The third-order valence-electron chi connectivity index (χ3n) is 5.17. The summed E-state index contributed by atoms with van der Waals surface area (Å²) >= 11 is 0. The van der Waals surface area contributed by atoms with Gasteiger partial charge in [-0.2, -0.15) is 0 Å². The number of nitrogen functional groups attached to an aromatic ring is 1. The fraction of sp³-hybridized carbons (Fsp3) is 0.136. The van der Waals surface area contributed by atoms with Crippen molar-refractivity contribution in [1.82, 2.24) is 15.0 Å². The number of hydrogen-bond acceptors (Lipinski definition) is 7. The summed E-state index contributed by atoms with van der Waals surface area (Å²) in [6.45, 7) is 0.486. The molecule has 0 radical (unpaired) electrons. The van der Waals surface area contributed by atoms with Crippen LogP contribution in [-0.2, 0) is 13.0 Å². The molecule has 0 spiro atoms. The summed E-state index contributed by atoms with van der Waals surface area (Å²) in [6, 6.07) is 15.2. The van der Waals surface area contributed by atoms with Gasteiger partial charge >= 0.3 is 0 Å². The number of hydrogen-bond donors (Lipinski definition) is 2. The van der Waals surface area contributed by atoms with E-state index in [1.807, 2.05) is 36.4 Å². The van der Waals surface area contributed by atoms with Gasteiger partial charge in [-0.25, -0.2) is 4.68 Å². The van der Waals surface area contributed by atoms with Crippen LogP contribution < -0.4 is 16.2 Å². The van der Waals surface area contributed by atoms with Gasteiger partial charge in [0, 0.05) is 18.7 Å². The standard InChI is InChI=1S/C22H20N6O4/c1-32-21-17(19(28(30)31)10-18(20(21)23)22(24)29)9-16-12-27(26-25-16)11-13-6-7-14-4-2-3-5-15(14)8-13/h2-8,10,12H,9,11,23H2,1H3,(H2,24,29). The van der Waals surface area contributed by atoms with Crippen LogP contribution in [-0.4, -0.2) is 32.9 Å². The Balaban J connectivity index is 1.64. The number of nitro benzene ring substituents is 1. The highest BCUT2D eigenvalue weighted by molar-refractivity contribution is 6.00. The van der Waals surface area contributed by atoms with Crippen molar-refractivity contribution >= 4 is 28.1 Å². The van der Waals surface area contributed by atoms with Crippen LogP contribution in [0, 0.1) is 10.1 Å². The molecule has 162 valence electrons. The van der Waals surface area contributed by atoms with E-state index < -0.39 is 10.8 Å². The number of anilines is 1. The molecular formula is C22H20N6O4. The number of ether oxygens (including phenoxy) is 1. The first-order valence-electron chi connectivity index (χ1n) is 9.67. The van der Waals surface area contributed by atoms with E-state index in [2.05, 4.69) is 16.4 Å². The van der Waals surface area contributed by atoms with E-state index in [-0.39, 0.29) is 34.7 Å². The molecule has 0 saturated heterocycles. The summed E-state index contributed by atoms with van der Waals surface area (Å²) in [4.78, 5) is 22.7. The first kappa shape index (κ1) is 20.8. The molecule has 32 heavy (non-hydrogen) atoms. The van der Waals surface area contributed by atoms with Crippen LogP contribution in [0.2, 0.25) is 0 Å². The second kappa shape index (κ2) is 8.34. The molecule has 1 aromatic heterocycles.